The zero-order valence-electron chi connectivity index (χ0n) is 73.0. The van der Waals surface area contributed by atoms with Gasteiger partial charge in [-0.05, 0) is 121 Å². The van der Waals surface area contributed by atoms with E-state index in [4.69, 9.17) is 18.9 Å². The van der Waals surface area contributed by atoms with Gasteiger partial charge in [-0.25, -0.2) is 54.6 Å². The Labute approximate surface area is 736 Å². The largest absolute Gasteiger partial charge is 0.494 e. The number of hydrogen-bond acceptors (Lipinski definition) is 30. The van der Waals surface area contributed by atoms with Crippen LogP contribution in [-0.2, 0) is 42.6 Å². The molecular formula is C89H99N27O12. The quantitative estimate of drug-likeness (QED) is 0.0182. The van der Waals surface area contributed by atoms with Gasteiger partial charge in [0.05, 0.1) is 107 Å². The van der Waals surface area contributed by atoms with Crippen LogP contribution in [0.5, 0.6) is 23.0 Å². The number of anilines is 12. The van der Waals surface area contributed by atoms with Crippen LogP contribution in [0.1, 0.15) is 153 Å². The predicted octanol–water partition coefficient (Wildman–Crippen LogP) is 13.6. The number of carbonyl (C=O) groups excluding carboxylic acids is 8. The van der Waals surface area contributed by atoms with Crippen molar-refractivity contribution in [2.75, 3.05) is 71.0 Å². The average molecular weight is 1740 g/mol. The molecule has 2 aromatic carbocycles. The number of rotatable bonds is 31. The highest BCUT2D eigenvalue weighted by Gasteiger charge is 2.37. The normalized spacial score (nSPS) is 13.7. The molecule has 39 nitrogen and oxygen atoms in total. The molecule has 12 aromatic rings. The summed E-state index contributed by atoms with van der Waals surface area (Å²) in [5, 5.41) is 44.4. The smallest absolute Gasteiger partial charge is 0.320 e. The Morgan fingerprint density at radius 3 is 0.938 bits per heavy atom. The molecule has 662 valence electrons. The lowest BCUT2D eigenvalue weighted by molar-refractivity contribution is -0.118. The van der Waals surface area contributed by atoms with Crippen molar-refractivity contribution >= 4 is 116 Å². The van der Waals surface area contributed by atoms with Gasteiger partial charge in [-0.15, -0.1) is 0 Å². The fourth-order valence-corrected chi connectivity index (χ4v) is 13.4. The van der Waals surface area contributed by atoms with Crippen LogP contribution in [0.4, 0.5) is 73.8 Å². The number of aromatic nitrogens is 18. The number of para-hydroxylation sites is 2. The Bertz CT molecular complexity index is 5980. The second kappa shape index (κ2) is 39.2. The van der Waals surface area contributed by atoms with Crippen molar-refractivity contribution in [3.05, 3.63) is 158 Å². The number of ketones is 4. The highest BCUT2D eigenvalue weighted by Crippen LogP contribution is 2.45. The Hall–Kier alpha value is -15.3. The minimum atomic E-state index is -0.406. The molecule has 0 spiro atoms. The molecule has 0 atom stereocenters. The molecule has 0 unspecified atom stereocenters. The highest BCUT2D eigenvalue weighted by molar-refractivity contribution is 6.08. The first-order valence-corrected chi connectivity index (χ1v) is 41.8. The first-order valence-electron chi connectivity index (χ1n) is 41.8. The van der Waals surface area contributed by atoms with Crippen molar-refractivity contribution in [1.82, 2.24) is 94.3 Å². The van der Waals surface area contributed by atoms with Crippen LogP contribution in [-0.4, -0.2) is 170 Å². The molecule has 0 saturated heterocycles. The van der Waals surface area contributed by atoms with Crippen LogP contribution in [0.15, 0.2) is 135 Å². The first kappa shape index (κ1) is 89.0. The van der Waals surface area contributed by atoms with E-state index >= 15 is 0 Å². The van der Waals surface area contributed by atoms with E-state index in [2.05, 4.69) is 118 Å². The summed E-state index contributed by atoms with van der Waals surface area (Å²) in [6, 6.07) is 20.9. The molecule has 0 radical (unpaired) electrons. The Balaban J connectivity index is 0.000000138. The van der Waals surface area contributed by atoms with Gasteiger partial charge in [0.1, 0.15) is 48.6 Å². The van der Waals surface area contributed by atoms with E-state index < -0.39 is 11.6 Å². The fraction of sp³-hybridized carbons (Fsp3) is 0.348. The summed E-state index contributed by atoms with van der Waals surface area (Å²) in [4.78, 5) is 143. The van der Waals surface area contributed by atoms with Gasteiger partial charge in [0.25, 0.3) is 0 Å². The number of amides is 5. The van der Waals surface area contributed by atoms with Crippen LogP contribution < -0.4 is 66.8 Å². The van der Waals surface area contributed by atoms with Crippen LogP contribution in [0.2, 0.25) is 0 Å². The number of methoxy groups -OCH3 is 4. The minimum absolute atomic E-state index is 0.0168. The number of pyridine rings is 6. The monoisotopic (exact) mass is 1740 g/mol. The number of nitrogens with zero attached hydrogens (tertiary/aromatic N) is 18. The Morgan fingerprint density at radius 1 is 0.359 bits per heavy atom. The molecule has 39 heteroatoms. The van der Waals surface area contributed by atoms with Gasteiger partial charge in [0.15, 0.2) is 81.1 Å². The van der Waals surface area contributed by atoms with Crippen molar-refractivity contribution in [1.29, 1.82) is 0 Å². The van der Waals surface area contributed by atoms with Crippen LogP contribution in [0, 0.1) is 29.6 Å². The first-order chi connectivity index (χ1) is 61.7. The number of urea groups is 1. The molecule has 17 rings (SSSR count). The Morgan fingerprint density at radius 2 is 0.656 bits per heavy atom. The minimum Gasteiger partial charge on any atom is -0.494 e. The topological polar surface area (TPSA) is 482 Å². The maximum atomic E-state index is 12.9. The number of ether oxygens (including phenoxy) is 4. The summed E-state index contributed by atoms with van der Waals surface area (Å²) in [6.07, 6.45) is 25.2. The lowest BCUT2D eigenvalue weighted by Crippen LogP contribution is -2.43. The number of hydrogen-bond donors (Lipinski definition) is 9. The molecule has 128 heavy (non-hydrogen) atoms. The van der Waals surface area contributed by atoms with Gasteiger partial charge < -0.3 is 61.5 Å². The summed E-state index contributed by atoms with van der Waals surface area (Å²) in [5.74, 6) is 6.23. The third kappa shape index (κ3) is 22.2. The van der Waals surface area contributed by atoms with Crippen molar-refractivity contribution in [2.45, 2.75) is 117 Å². The van der Waals surface area contributed by atoms with Gasteiger partial charge in [0, 0.05) is 138 Å². The average Bonchev–Trinajstić information content (AvgIpc) is 1.46. The van der Waals surface area contributed by atoms with Crippen molar-refractivity contribution < 1.29 is 57.3 Å². The van der Waals surface area contributed by atoms with E-state index in [0.29, 0.717) is 173 Å². The van der Waals surface area contributed by atoms with Crippen molar-refractivity contribution in [2.24, 2.45) is 57.8 Å². The van der Waals surface area contributed by atoms with E-state index in [1.165, 1.54) is 24.8 Å². The number of Topliss-reactive ketones (excluding diaryl/α,β-unsaturated/α-hetero) is 4. The number of aryl methyl sites for hydroxylation is 4. The van der Waals surface area contributed by atoms with E-state index in [1.54, 1.807) is 163 Å². The molecule has 5 saturated carbocycles. The number of nitrogens with one attached hydrogen (secondary N) is 9. The molecule has 5 aliphatic carbocycles. The highest BCUT2D eigenvalue weighted by atomic mass is 16.5. The van der Waals surface area contributed by atoms with E-state index in [1.807, 2.05) is 57.2 Å². The molecule has 5 aliphatic rings. The lowest BCUT2D eigenvalue weighted by Gasteiger charge is -2.21. The van der Waals surface area contributed by atoms with Crippen LogP contribution >= 0.6 is 0 Å². The summed E-state index contributed by atoms with van der Waals surface area (Å²) in [5.41, 5.74) is 7.42. The lowest BCUT2D eigenvalue weighted by atomic mass is 10.1. The van der Waals surface area contributed by atoms with Gasteiger partial charge in [-0.1, -0.05) is 26.0 Å². The third-order valence-electron chi connectivity index (χ3n) is 20.7. The second-order valence-corrected chi connectivity index (χ2v) is 32.1. The maximum absolute atomic E-state index is 12.9. The molecular weight excluding hydrogens is 1640 g/mol. The van der Waals surface area contributed by atoms with Crippen molar-refractivity contribution in [3.8, 4) is 68.5 Å². The van der Waals surface area contributed by atoms with Gasteiger partial charge in [-0.3, -0.25) is 57.6 Å². The molecule has 5 fully saturated rings. The number of carbonyl (C=O) groups is 8. The van der Waals surface area contributed by atoms with E-state index in [0.717, 1.165) is 64.2 Å². The second-order valence-electron chi connectivity index (χ2n) is 32.1. The molecule has 0 bridgehead atoms. The summed E-state index contributed by atoms with van der Waals surface area (Å²) < 4.78 is 29.0. The zero-order chi connectivity index (χ0) is 90.6. The molecule has 10 heterocycles. The summed E-state index contributed by atoms with van der Waals surface area (Å²) >= 11 is 0. The molecule has 9 N–H and O–H groups in total. The van der Waals surface area contributed by atoms with E-state index in [-0.39, 0.29) is 70.4 Å². The van der Waals surface area contributed by atoms with E-state index in [9.17, 15) is 38.4 Å². The summed E-state index contributed by atoms with van der Waals surface area (Å²) in [6.45, 7) is 9.22. The standard InChI is InChI=1S/C23H29N7O3.2C22H23N7O3.C22H24N6O3/c1-7-18(31)15-12-24-19(27-22(32)28-23(2,3)4)11-17(15)26-16-10-8-9-14(20(16)33-6)21-25-13-30(5)29-21;2*1-29-11-25-20(28-29)14-7-8-23-21(19(14)32-2)26-16-9-17(27-22(31)13-5-6-13)24-10-15(16)18(30)12-3-4-12;1-4-18(29)15-11-23-19(26-22(30)13-8-9-13)10-17(15)25-16-7-5-6-14(20(16)31-3)21-24-12-28(2)27-21/h8-13H,7H2,1-6H3,(H3,24,26,27,28,32);2*7-13H,3-6H2,1-2H3,(H2,23,24,26,27,31);5-7,10-13H,4,8-9H2,1-3H3,(H2,23,25,26,30). The van der Waals surface area contributed by atoms with Crippen LogP contribution in [0.25, 0.3) is 45.6 Å². The molecule has 5 amide bonds. The van der Waals surface area contributed by atoms with Gasteiger partial charge >= 0.3 is 6.03 Å². The third-order valence-corrected chi connectivity index (χ3v) is 20.7. The van der Waals surface area contributed by atoms with Gasteiger partial charge in [0.2, 0.25) is 17.7 Å². The molecule has 10 aromatic heterocycles. The maximum Gasteiger partial charge on any atom is 0.320 e. The van der Waals surface area contributed by atoms with Crippen molar-refractivity contribution in [3.63, 3.8) is 0 Å². The summed E-state index contributed by atoms with van der Waals surface area (Å²) in [7, 11) is 13.4. The van der Waals surface area contributed by atoms with Gasteiger partial charge in [-0.2, -0.15) is 20.4 Å². The number of benzene rings is 2. The predicted molar refractivity (Wildman–Crippen MR) is 477 cm³/mol. The zero-order valence-corrected chi connectivity index (χ0v) is 73.0. The van der Waals surface area contributed by atoms with Crippen LogP contribution in [0.3, 0.4) is 0 Å². The Kier molecular flexibility index (Phi) is 27.3. The SMILES string of the molecule is CCC(=O)c1cnc(NC(=O)C2CC2)cc1Nc1cccc(-c2ncn(C)n2)c1OC.CCC(=O)c1cnc(NC(=O)NC(C)(C)C)cc1Nc1cccc(-c2ncn(C)n2)c1OC.COc1c(-c2ncn(C)n2)ccnc1Nc1cc(NC(=O)C2CC2)ncc1C(=O)C1CC1.COc1c(-c2ncn(C)n2)ccnc1Nc1cc(NC(=O)C2CC2)ncc1C(=O)C1CC1. The molecule has 0 aliphatic heterocycles. The fourth-order valence-electron chi connectivity index (χ4n) is 13.4.